The first-order valence-corrected chi connectivity index (χ1v) is 10.1. The molecule has 0 fully saturated rings. The van der Waals surface area contributed by atoms with Crippen molar-refractivity contribution in [3.8, 4) is 0 Å². The molecule has 0 saturated heterocycles. The Kier molecular flexibility index (Phi) is 5.62. The molecule has 3 aromatic carbocycles. The van der Waals surface area contributed by atoms with E-state index in [2.05, 4.69) is 4.98 Å². The van der Waals surface area contributed by atoms with E-state index in [9.17, 15) is 18.8 Å². The van der Waals surface area contributed by atoms with Gasteiger partial charge in [0.2, 0.25) is 0 Å². The fraction of sp³-hybridized carbons (Fsp3) is 0.160. The molecule has 31 heavy (non-hydrogen) atoms. The number of hydrogen-bond donors (Lipinski definition) is 1. The third kappa shape index (κ3) is 4.23. The monoisotopic (exact) mass is 416 g/mol. The number of nitrogens with one attached hydrogen (secondary N) is 1. The normalized spacial score (nSPS) is 11.0. The number of carbonyl (C=O) groups is 1. The lowest BCUT2D eigenvalue weighted by Crippen LogP contribution is -2.37. The number of halogens is 1. The Labute approximate surface area is 177 Å². The lowest BCUT2D eigenvalue weighted by molar-refractivity contribution is 0.0969. The topological polar surface area (TPSA) is 71.9 Å². The molecule has 0 radical (unpaired) electrons. The van der Waals surface area contributed by atoms with Gasteiger partial charge in [-0.2, -0.15) is 0 Å². The van der Waals surface area contributed by atoms with Crippen molar-refractivity contribution in [2.24, 2.45) is 0 Å². The molecular weight excluding hydrogens is 395 g/mol. The zero-order chi connectivity index (χ0) is 22.0. The summed E-state index contributed by atoms with van der Waals surface area (Å²) in [6.07, 6.45) is 0.757. The first-order valence-electron chi connectivity index (χ1n) is 10.1. The average molecular weight is 416 g/mol. The number of carbonyl (C=O) groups excluding carboxylic acids is 1. The number of fused-ring (bicyclic) bond motifs is 1. The maximum atomic E-state index is 13.2. The van der Waals surface area contributed by atoms with Gasteiger partial charge in [-0.25, -0.2) is 9.18 Å². The van der Waals surface area contributed by atoms with Gasteiger partial charge in [-0.1, -0.05) is 49.4 Å². The summed E-state index contributed by atoms with van der Waals surface area (Å²) in [5.74, 6) is -0.779. The van der Waals surface area contributed by atoms with Crippen LogP contribution in [0.1, 0.15) is 34.1 Å². The van der Waals surface area contributed by atoms with Gasteiger partial charge in [-0.3, -0.25) is 19.1 Å². The highest BCUT2D eigenvalue weighted by atomic mass is 19.1. The third-order valence-corrected chi connectivity index (χ3v) is 5.42. The van der Waals surface area contributed by atoms with Gasteiger partial charge in [0.1, 0.15) is 5.82 Å². The number of aromatic amines is 1. The summed E-state index contributed by atoms with van der Waals surface area (Å²) in [4.78, 5) is 40.2. The molecular formula is C25H21FN2O3. The van der Waals surface area contributed by atoms with Crippen LogP contribution in [-0.2, 0) is 19.4 Å². The van der Waals surface area contributed by atoms with Crippen molar-refractivity contribution >= 4 is 16.6 Å². The van der Waals surface area contributed by atoms with Crippen LogP contribution in [0, 0.1) is 5.82 Å². The standard InChI is InChI=1S/C25H21FN2O3/c1-2-21-22(14-16-7-8-17-5-3-4-6-19(17)13-16)28(25(31)27-24(21)30)15-23(29)18-9-11-20(26)12-10-18/h3-13H,2,14-15H2,1H3,(H,27,30,31). The molecule has 0 aliphatic carbocycles. The van der Waals surface area contributed by atoms with E-state index in [-0.39, 0.29) is 12.3 Å². The molecule has 1 N–H and O–H groups in total. The Balaban J connectivity index is 1.77. The summed E-state index contributed by atoms with van der Waals surface area (Å²) in [5, 5.41) is 2.15. The highest BCUT2D eigenvalue weighted by Gasteiger charge is 2.17. The number of rotatable bonds is 6. The second-order valence-electron chi connectivity index (χ2n) is 7.41. The van der Waals surface area contributed by atoms with Crippen LogP contribution in [0.3, 0.4) is 0 Å². The van der Waals surface area contributed by atoms with Crippen molar-refractivity contribution in [2.45, 2.75) is 26.3 Å². The Morgan fingerprint density at radius 1 is 0.968 bits per heavy atom. The fourth-order valence-electron chi connectivity index (χ4n) is 3.80. The molecule has 0 aliphatic heterocycles. The van der Waals surface area contributed by atoms with Gasteiger partial charge in [0.25, 0.3) is 5.56 Å². The first kappa shape index (κ1) is 20.5. The van der Waals surface area contributed by atoms with E-state index in [0.29, 0.717) is 29.7 Å². The van der Waals surface area contributed by atoms with Crippen LogP contribution in [0.4, 0.5) is 4.39 Å². The SMILES string of the molecule is CCc1c(Cc2ccc3ccccc3c2)n(CC(=O)c2ccc(F)cc2)c(=O)[nH]c1=O. The molecule has 0 aliphatic rings. The minimum Gasteiger partial charge on any atom is -0.292 e. The van der Waals surface area contributed by atoms with Gasteiger partial charge in [-0.15, -0.1) is 0 Å². The van der Waals surface area contributed by atoms with Crippen molar-refractivity contribution < 1.29 is 9.18 Å². The van der Waals surface area contributed by atoms with E-state index in [1.54, 1.807) is 0 Å². The van der Waals surface area contributed by atoms with Crippen molar-refractivity contribution in [3.05, 3.63) is 116 Å². The minimum atomic E-state index is -0.631. The van der Waals surface area contributed by atoms with Gasteiger partial charge in [-0.05, 0) is 47.0 Å². The molecule has 4 rings (SSSR count). The van der Waals surface area contributed by atoms with Gasteiger partial charge in [0, 0.05) is 23.2 Å². The number of H-pyrrole nitrogens is 1. The first-order chi connectivity index (χ1) is 15.0. The summed E-state index contributed by atoms with van der Waals surface area (Å²) >= 11 is 0. The van der Waals surface area contributed by atoms with Crippen LogP contribution in [-0.4, -0.2) is 15.3 Å². The molecule has 0 bridgehead atoms. The molecule has 0 spiro atoms. The molecule has 1 aromatic heterocycles. The fourth-order valence-corrected chi connectivity index (χ4v) is 3.80. The van der Waals surface area contributed by atoms with Crippen molar-refractivity contribution in [1.29, 1.82) is 0 Å². The van der Waals surface area contributed by atoms with Crippen LogP contribution in [0.25, 0.3) is 10.8 Å². The maximum absolute atomic E-state index is 13.2. The van der Waals surface area contributed by atoms with Crippen LogP contribution >= 0.6 is 0 Å². The number of aromatic nitrogens is 2. The van der Waals surface area contributed by atoms with Crippen molar-refractivity contribution in [3.63, 3.8) is 0 Å². The maximum Gasteiger partial charge on any atom is 0.328 e. The van der Waals surface area contributed by atoms with Gasteiger partial charge >= 0.3 is 5.69 Å². The lowest BCUT2D eigenvalue weighted by atomic mass is 10.0. The van der Waals surface area contributed by atoms with Crippen molar-refractivity contribution in [1.82, 2.24) is 9.55 Å². The second-order valence-corrected chi connectivity index (χ2v) is 7.41. The predicted molar refractivity (Wildman–Crippen MR) is 118 cm³/mol. The van der Waals surface area contributed by atoms with Crippen LogP contribution in [0.2, 0.25) is 0 Å². The summed E-state index contributed by atoms with van der Waals surface area (Å²) in [5.41, 5.74) is 1.15. The molecule has 0 unspecified atom stereocenters. The summed E-state index contributed by atoms with van der Waals surface area (Å²) in [6, 6.07) is 19.1. The minimum absolute atomic E-state index is 0.239. The van der Waals surface area contributed by atoms with Crippen molar-refractivity contribution in [2.75, 3.05) is 0 Å². The van der Waals surface area contributed by atoms with Gasteiger partial charge in [0.05, 0.1) is 6.54 Å². The number of ketones is 1. The Morgan fingerprint density at radius 3 is 2.39 bits per heavy atom. The summed E-state index contributed by atoms with van der Waals surface area (Å²) in [6.45, 7) is 1.60. The van der Waals surface area contributed by atoms with Gasteiger partial charge < -0.3 is 0 Å². The van der Waals surface area contributed by atoms with Gasteiger partial charge in [0.15, 0.2) is 5.78 Å². The molecule has 6 heteroatoms. The quantitative estimate of drug-likeness (QED) is 0.485. The number of Topliss-reactive ketones (excluding diaryl/α,β-unsaturated/α-hetero) is 1. The highest BCUT2D eigenvalue weighted by Crippen LogP contribution is 2.19. The Morgan fingerprint density at radius 2 is 1.68 bits per heavy atom. The number of benzene rings is 3. The largest absolute Gasteiger partial charge is 0.328 e. The lowest BCUT2D eigenvalue weighted by Gasteiger charge is -2.16. The molecule has 4 aromatic rings. The molecule has 1 heterocycles. The highest BCUT2D eigenvalue weighted by molar-refractivity contribution is 5.95. The third-order valence-electron chi connectivity index (χ3n) is 5.42. The molecule has 156 valence electrons. The smallest absolute Gasteiger partial charge is 0.292 e. The van der Waals surface area contributed by atoms with E-state index < -0.39 is 17.1 Å². The van der Waals surface area contributed by atoms with E-state index >= 15 is 0 Å². The Hall–Kier alpha value is -3.80. The molecule has 5 nitrogen and oxygen atoms in total. The predicted octanol–water partition coefficient (Wildman–Crippen LogP) is 3.87. The van der Waals surface area contributed by atoms with Crippen LogP contribution < -0.4 is 11.2 Å². The average Bonchev–Trinajstić information content (AvgIpc) is 2.76. The zero-order valence-corrected chi connectivity index (χ0v) is 17.0. The summed E-state index contributed by atoms with van der Waals surface area (Å²) in [7, 11) is 0. The summed E-state index contributed by atoms with van der Waals surface area (Å²) < 4.78 is 14.5. The zero-order valence-electron chi connectivity index (χ0n) is 17.0. The van der Waals surface area contributed by atoms with E-state index in [1.165, 1.54) is 28.8 Å². The molecule has 0 amide bonds. The van der Waals surface area contributed by atoms with Crippen LogP contribution in [0.15, 0.2) is 76.3 Å². The molecule has 0 atom stereocenters. The van der Waals surface area contributed by atoms with E-state index in [4.69, 9.17) is 0 Å². The van der Waals surface area contributed by atoms with Crippen LogP contribution in [0.5, 0.6) is 0 Å². The second kappa shape index (κ2) is 8.52. The number of nitrogens with zero attached hydrogens (tertiary/aromatic N) is 1. The Bertz CT molecular complexity index is 1380. The van der Waals surface area contributed by atoms with E-state index in [0.717, 1.165) is 16.3 Å². The molecule has 0 saturated carbocycles. The number of hydrogen-bond acceptors (Lipinski definition) is 3. The van der Waals surface area contributed by atoms with E-state index in [1.807, 2.05) is 49.4 Å².